The fourth-order valence-electron chi connectivity index (χ4n) is 2.40. The third-order valence-corrected chi connectivity index (χ3v) is 3.87. The van der Waals surface area contributed by atoms with Crippen LogP contribution in [0.1, 0.15) is 38.5 Å². The van der Waals surface area contributed by atoms with Crippen molar-refractivity contribution in [2.24, 2.45) is 5.92 Å². The van der Waals surface area contributed by atoms with Gasteiger partial charge in [-0.05, 0) is 44.2 Å². The largest absolute Gasteiger partial charge is 0.317 e. The fraction of sp³-hybridized carbons (Fsp3) is 1.00. The van der Waals surface area contributed by atoms with Crippen LogP contribution in [0.5, 0.6) is 0 Å². The molecule has 1 rings (SSSR count). The predicted octanol–water partition coefficient (Wildman–Crippen LogP) is 2.91. The van der Waals surface area contributed by atoms with Gasteiger partial charge in [0.25, 0.3) is 0 Å². The molecule has 1 N–H and O–H groups in total. The highest BCUT2D eigenvalue weighted by Crippen LogP contribution is 2.27. The van der Waals surface area contributed by atoms with Gasteiger partial charge in [0.1, 0.15) is 0 Å². The van der Waals surface area contributed by atoms with E-state index in [2.05, 4.69) is 18.6 Å². The van der Waals surface area contributed by atoms with Gasteiger partial charge in [-0.1, -0.05) is 19.3 Å². The molecule has 0 saturated heterocycles. The summed E-state index contributed by atoms with van der Waals surface area (Å²) in [5.41, 5.74) is 0. The minimum absolute atomic E-state index is 0.785. The molecule has 1 fully saturated rings. The topological polar surface area (TPSA) is 12.0 Å². The zero-order chi connectivity index (χ0) is 9.52. The molecule has 1 aliphatic rings. The lowest BCUT2D eigenvalue weighted by Crippen LogP contribution is -2.35. The van der Waals surface area contributed by atoms with Gasteiger partial charge < -0.3 is 5.32 Å². The minimum atomic E-state index is 0.785. The molecule has 0 amide bonds. The molecule has 0 aromatic rings. The second-order valence-electron chi connectivity index (χ2n) is 4.07. The Bertz CT molecular complexity index is 121. The molecule has 0 spiro atoms. The molecule has 13 heavy (non-hydrogen) atoms. The highest BCUT2D eigenvalue weighted by atomic mass is 32.2. The van der Waals surface area contributed by atoms with E-state index < -0.39 is 0 Å². The Morgan fingerprint density at radius 2 is 2.00 bits per heavy atom. The van der Waals surface area contributed by atoms with Crippen molar-refractivity contribution < 1.29 is 0 Å². The van der Waals surface area contributed by atoms with Crippen LogP contribution in [0.2, 0.25) is 0 Å². The summed E-state index contributed by atoms with van der Waals surface area (Å²) in [4.78, 5) is 0. The SMILES string of the molecule is CNC(CCSC)C1CCCCC1. The molecule has 0 bridgehead atoms. The second kappa shape index (κ2) is 6.72. The summed E-state index contributed by atoms with van der Waals surface area (Å²) in [6.45, 7) is 0. The lowest BCUT2D eigenvalue weighted by atomic mass is 9.83. The molecular formula is C11H23NS. The van der Waals surface area contributed by atoms with Gasteiger partial charge in [0.15, 0.2) is 0 Å². The molecule has 1 aliphatic carbocycles. The summed E-state index contributed by atoms with van der Waals surface area (Å²) < 4.78 is 0. The van der Waals surface area contributed by atoms with Crippen molar-refractivity contribution in [2.45, 2.75) is 44.6 Å². The van der Waals surface area contributed by atoms with E-state index in [0.29, 0.717) is 0 Å². The Balaban J connectivity index is 2.26. The van der Waals surface area contributed by atoms with Gasteiger partial charge in [0, 0.05) is 6.04 Å². The van der Waals surface area contributed by atoms with Crippen molar-refractivity contribution >= 4 is 11.8 Å². The highest BCUT2D eigenvalue weighted by Gasteiger charge is 2.21. The zero-order valence-corrected chi connectivity index (χ0v) is 9.83. The molecule has 78 valence electrons. The average Bonchev–Trinajstić information content (AvgIpc) is 2.21. The Morgan fingerprint density at radius 1 is 1.31 bits per heavy atom. The lowest BCUT2D eigenvalue weighted by molar-refractivity contribution is 0.274. The van der Waals surface area contributed by atoms with Crippen molar-refractivity contribution in [3.63, 3.8) is 0 Å². The van der Waals surface area contributed by atoms with E-state index in [-0.39, 0.29) is 0 Å². The van der Waals surface area contributed by atoms with Crippen molar-refractivity contribution in [2.75, 3.05) is 19.1 Å². The number of hydrogen-bond donors (Lipinski definition) is 1. The Labute approximate surface area is 87.1 Å². The van der Waals surface area contributed by atoms with Crippen molar-refractivity contribution in [3.8, 4) is 0 Å². The van der Waals surface area contributed by atoms with Crippen LogP contribution in [-0.2, 0) is 0 Å². The van der Waals surface area contributed by atoms with Crippen LogP contribution in [0.15, 0.2) is 0 Å². The smallest absolute Gasteiger partial charge is 0.0100 e. The summed E-state index contributed by atoms with van der Waals surface area (Å²) >= 11 is 1.97. The van der Waals surface area contributed by atoms with Crippen LogP contribution in [0.25, 0.3) is 0 Å². The van der Waals surface area contributed by atoms with Crippen LogP contribution in [0.3, 0.4) is 0 Å². The molecule has 0 aromatic heterocycles. The maximum Gasteiger partial charge on any atom is 0.0100 e. The van der Waals surface area contributed by atoms with E-state index in [4.69, 9.17) is 0 Å². The van der Waals surface area contributed by atoms with Gasteiger partial charge >= 0.3 is 0 Å². The third kappa shape index (κ3) is 3.90. The van der Waals surface area contributed by atoms with E-state index in [0.717, 1.165) is 12.0 Å². The molecule has 0 radical (unpaired) electrons. The summed E-state index contributed by atoms with van der Waals surface area (Å²) in [6.07, 6.45) is 10.9. The first-order valence-electron chi connectivity index (χ1n) is 5.54. The van der Waals surface area contributed by atoms with Crippen molar-refractivity contribution in [1.29, 1.82) is 0 Å². The van der Waals surface area contributed by atoms with E-state index >= 15 is 0 Å². The maximum atomic E-state index is 3.49. The van der Waals surface area contributed by atoms with Crippen LogP contribution in [0.4, 0.5) is 0 Å². The molecule has 1 atom stereocenters. The average molecular weight is 201 g/mol. The van der Waals surface area contributed by atoms with Crippen LogP contribution < -0.4 is 5.32 Å². The number of hydrogen-bond acceptors (Lipinski definition) is 2. The third-order valence-electron chi connectivity index (χ3n) is 3.22. The van der Waals surface area contributed by atoms with Gasteiger partial charge in [-0.25, -0.2) is 0 Å². The zero-order valence-electron chi connectivity index (χ0n) is 9.01. The molecule has 0 aromatic carbocycles. The molecule has 2 heteroatoms. The Morgan fingerprint density at radius 3 is 2.54 bits per heavy atom. The summed E-state index contributed by atoms with van der Waals surface area (Å²) in [7, 11) is 2.12. The van der Waals surface area contributed by atoms with Crippen LogP contribution in [0, 0.1) is 5.92 Å². The lowest BCUT2D eigenvalue weighted by Gasteiger charge is -2.29. The first-order valence-corrected chi connectivity index (χ1v) is 6.94. The summed E-state index contributed by atoms with van der Waals surface area (Å²) in [6, 6.07) is 0.785. The van der Waals surface area contributed by atoms with Crippen molar-refractivity contribution in [3.05, 3.63) is 0 Å². The molecule has 1 nitrogen and oxygen atoms in total. The highest BCUT2D eigenvalue weighted by molar-refractivity contribution is 7.98. The van der Waals surface area contributed by atoms with Gasteiger partial charge in [-0.15, -0.1) is 0 Å². The normalized spacial score (nSPS) is 21.7. The van der Waals surface area contributed by atoms with E-state index in [1.807, 2.05) is 11.8 Å². The predicted molar refractivity (Wildman–Crippen MR) is 62.4 cm³/mol. The van der Waals surface area contributed by atoms with Gasteiger partial charge in [-0.2, -0.15) is 11.8 Å². The molecular weight excluding hydrogens is 178 g/mol. The molecule has 0 aliphatic heterocycles. The number of rotatable bonds is 5. The van der Waals surface area contributed by atoms with Gasteiger partial charge in [0.2, 0.25) is 0 Å². The van der Waals surface area contributed by atoms with Crippen LogP contribution >= 0.6 is 11.8 Å². The van der Waals surface area contributed by atoms with Gasteiger partial charge in [0.05, 0.1) is 0 Å². The first kappa shape index (κ1) is 11.4. The standard InChI is InChI=1S/C11H23NS/c1-12-11(8-9-13-2)10-6-4-3-5-7-10/h10-12H,3-9H2,1-2H3. The minimum Gasteiger partial charge on any atom is -0.317 e. The molecule has 0 heterocycles. The summed E-state index contributed by atoms with van der Waals surface area (Å²) in [5, 5.41) is 3.49. The van der Waals surface area contributed by atoms with Gasteiger partial charge in [-0.3, -0.25) is 0 Å². The monoisotopic (exact) mass is 201 g/mol. The number of thioether (sulfide) groups is 1. The number of nitrogens with one attached hydrogen (secondary N) is 1. The first-order chi connectivity index (χ1) is 6.38. The fourth-order valence-corrected chi connectivity index (χ4v) is 2.89. The Hall–Kier alpha value is 0.310. The van der Waals surface area contributed by atoms with Crippen LogP contribution in [-0.4, -0.2) is 25.1 Å². The second-order valence-corrected chi connectivity index (χ2v) is 5.06. The van der Waals surface area contributed by atoms with E-state index in [1.54, 1.807) is 0 Å². The van der Waals surface area contributed by atoms with Crippen molar-refractivity contribution in [1.82, 2.24) is 5.32 Å². The quantitative estimate of drug-likeness (QED) is 0.734. The van der Waals surface area contributed by atoms with E-state index in [9.17, 15) is 0 Å². The molecule has 1 saturated carbocycles. The van der Waals surface area contributed by atoms with E-state index in [1.165, 1.54) is 44.3 Å². The Kier molecular flexibility index (Phi) is 5.88. The maximum absolute atomic E-state index is 3.49. The summed E-state index contributed by atoms with van der Waals surface area (Å²) in [5.74, 6) is 2.27. The molecule has 1 unspecified atom stereocenters.